The smallest absolute Gasteiger partial charge is 0.0748 e. The zero-order valence-electron chi connectivity index (χ0n) is 12.9. The second-order valence-electron chi connectivity index (χ2n) is 5.96. The molecule has 0 aliphatic heterocycles. The summed E-state index contributed by atoms with van der Waals surface area (Å²) in [4.78, 5) is 0. The molecule has 0 aromatic heterocycles. The fraction of sp³-hybridized carbons (Fsp3) is 1.00. The van der Waals surface area contributed by atoms with E-state index in [1.807, 2.05) is 0 Å². The molecular weight excluding hydrogens is 239 g/mol. The lowest BCUT2D eigenvalue weighted by atomic mass is 10.1. The zero-order valence-corrected chi connectivity index (χ0v) is 13.8. The fourth-order valence-corrected chi connectivity index (χ4v) is 3.85. The maximum Gasteiger partial charge on any atom is 0.338 e. The molecule has 108 valence electrons. The zero-order chi connectivity index (χ0) is 13.6. The maximum absolute atomic E-state index is 11.6. The Kier molecular flexibility index (Phi) is 13.6. The van der Waals surface area contributed by atoms with Crippen molar-refractivity contribution < 1.29 is 4.57 Å². The summed E-state index contributed by atoms with van der Waals surface area (Å²) in [5.41, 5.74) is 0. The summed E-state index contributed by atoms with van der Waals surface area (Å²) in [7, 11) is -0.905. The van der Waals surface area contributed by atoms with Crippen LogP contribution in [0.25, 0.3) is 0 Å². The standard InChI is InChI=1S/C16H34OP/c1-4-5-6-7-8-9-10-11-12-13-14-18(17)15-16(2)3/h16H,4-15H2,1-3H3/q+1. The Bertz CT molecular complexity index is 190. The summed E-state index contributed by atoms with van der Waals surface area (Å²) < 4.78 is 11.6. The lowest BCUT2D eigenvalue weighted by molar-refractivity contribution is 0.557. The molecule has 0 bridgehead atoms. The van der Waals surface area contributed by atoms with Gasteiger partial charge in [0, 0.05) is 0 Å². The van der Waals surface area contributed by atoms with Crippen molar-refractivity contribution in [2.24, 2.45) is 5.92 Å². The molecule has 1 unspecified atom stereocenters. The Balaban J connectivity index is 3.09. The minimum absolute atomic E-state index is 0.594. The van der Waals surface area contributed by atoms with Crippen LogP contribution in [0.5, 0.6) is 0 Å². The van der Waals surface area contributed by atoms with Crippen molar-refractivity contribution in [1.29, 1.82) is 0 Å². The molecule has 0 saturated heterocycles. The van der Waals surface area contributed by atoms with Gasteiger partial charge >= 0.3 is 7.80 Å². The molecule has 0 N–H and O–H groups in total. The van der Waals surface area contributed by atoms with Crippen molar-refractivity contribution in [3.63, 3.8) is 0 Å². The molecule has 0 aliphatic carbocycles. The Morgan fingerprint density at radius 3 is 1.67 bits per heavy atom. The highest BCUT2D eigenvalue weighted by Crippen LogP contribution is 2.25. The van der Waals surface area contributed by atoms with Gasteiger partial charge in [-0.2, -0.15) is 0 Å². The third-order valence-corrected chi connectivity index (χ3v) is 5.28. The first-order valence-electron chi connectivity index (χ1n) is 8.09. The lowest BCUT2D eigenvalue weighted by Gasteiger charge is -2.00. The SMILES string of the molecule is CCCCCCCCCCCC[P+](=O)CC(C)C. The summed E-state index contributed by atoms with van der Waals surface area (Å²) in [6.07, 6.45) is 15.5. The van der Waals surface area contributed by atoms with Crippen molar-refractivity contribution >= 4 is 7.80 Å². The topological polar surface area (TPSA) is 17.1 Å². The van der Waals surface area contributed by atoms with Gasteiger partial charge < -0.3 is 0 Å². The first-order chi connectivity index (χ1) is 8.66. The third-order valence-electron chi connectivity index (χ3n) is 3.33. The van der Waals surface area contributed by atoms with Crippen LogP contribution in [-0.2, 0) is 4.57 Å². The number of unbranched alkanes of at least 4 members (excludes halogenated alkanes) is 9. The highest BCUT2D eigenvalue weighted by Gasteiger charge is 2.15. The quantitative estimate of drug-likeness (QED) is 0.280. The molecule has 0 radical (unpaired) electrons. The summed E-state index contributed by atoms with van der Waals surface area (Å²) in [6, 6.07) is 0. The van der Waals surface area contributed by atoms with E-state index in [4.69, 9.17) is 0 Å². The van der Waals surface area contributed by atoms with Crippen LogP contribution in [-0.4, -0.2) is 12.3 Å². The van der Waals surface area contributed by atoms with Crippen LogP contribution in [0.2, 0.25) is 0 Å². The number of hydrogen-bond donors (Lipinski definition) is 0. The summed E-state index contributed by atoms with van der Waals surface area (Å²) in [6.45, 7) is 6.58. The van der Waals surface area contributed by atoms with Crippen LogP contribution >= 0.6 is 7.80 Å². The van der Waals surface area contributed by atoms with Gasteiger partial charge in [0.05, 0.1) is 0 Å². The fourth-order valence-electron chi connectivity index (χ4n) is 2.27. The van der Waals surface area contributed by atoms with E-state index in [9.17, 15) is 4.57 Å². The molecule has 0 aliphatic rings. The molecule has 2 heteroatoms. The molecule has 0 fully saturated rings. The molecule has 0 saturated carbocycles. The monoisotopic (exact) mass is 273 g/mol. The van der Waals surface area contributed by atoms with Gasteiger partial charge in [0.1, 0.15) is 12.3 Å². The Hall–Kier alpha value is 0.100. The second-order valence-corrected chi connectivity index (χ2v) is 7.74. The average molecular weight is 273 g/mol. The number of hydrogen-bond acceptors (Lipinski definition) is 1. The molecule has 0 heterocycles. The maximum atomic E-state index is 11.6. The minimum Gasteiger partial charge on any atom is -0.0748 e. The van der Waals surface area contributed by atoms with E-state index in [-0.39, 0.29) is 0 Å². The van der Waals surface area contributed by atoms with Crippen molar-refractivity contribution in [1.82, 2.24) is 0 Å². The third kappa shape index (κ3) is 14.2. The van der Waals surface area contributed by atoms with E-state index < -0.39 is 7.80 Å². The van der Waals surface area contributed by atoms with Crippen molar-refractivity contribution in [3.05, 3.63) is 0 Å². The van der Waals surface area contributed by atoms with Crippen molar-refractivity contribution in [3.8, 4) is 0 Å². The Morgan fingerprint density at radius 2 is 1.22 bits per heavy atom. The van der Waals surface area contributed by atoms with Gasteiger partial charge in [0.15, 0.2) is 0 Å². The van der Waals surface area contributed by atoms with E-state index in [2.05, 4.69) is 20.8 Å². The van der Waals surface area contributed by atoms with Gasteiger partial charge in [0.25, 0.3) is 0 Å². The predicted octanol–water partition coefficient (Wildman–Crippen LogP) is 6.39. The Labute approximate surface area is 116 Å². The van der Waals surface area contributed by atoms with Crippen molar-refractivity contribution in [2.45, 2.75) is 85.0 Å². The molecule has 1 atom stereocenters. The first kappa shape index (κ1) is 18.1. The minimum atomic E-state index is -0.905. The molecule has 0 rings (SSSR count). The molecule has 0 amide bonds. The van der Waals surface area contributed by atoms with E-state index in [1.54, 1.807) is 0 Å². The van der Waals surface area contributed by atoms with E-state index in [0.29, 0.717) is 5.92 Å². The van der Waals surface area contributed by atoms with Gasteiger partial charge in [-0.3, -0.25) is 0 Å². The summed E-state index contributed by atoms with van der Waals surface area (Å²) in [5.74, 6) is 0.594. The van der Waals surface area contributed by atoms with E-state index in [0.717, 1.165) is 12.3 Å². The van der Waals surface area contributed by atoms with Crippen LogP contribution in [0, 0.1) is 5.92 Å². The normalized spacial score (nSPS) is 12.1. The van der Waals surface area contributed by atoms with Gasteiger partial charge in [-0.1, -0.05) is 76.7 Å². The summed E-state index contributed by atoms with van der Waals surface area (Å²) >= 11 is 0. The van der Waals surface area contributed by atoms with Crippen LogP contribution in [0.15, 0.2) is 0 Å². The molecule has 0 spiro atoms. The molecule has 18 heavy (non-hydrogen) atoms. The molecule has 1 nitrogen and oxygen atoms in total. The molecule has 0 aromatic carbocycles. The lowest BCUT2D eigenvalue weighted by Crippen LogP contribution is -1.93. The number of rotatable bonds is 13. The first-order valence-corrected chi connectivity index (χ1v) is 9.72. The highest BCUT2D eigenvalue weighted by atomic mass is 31.1. The van der Waals surface area contributed by atoms with Crippen LogP contribution in [0.1, 0.15) is 85.0 Å². The van der Waals surface area contributed by atoms with Gasteiger partial charge in [-0.25, -0.2) is 0 Å². The van der Waals surface area contributed by atoms with Crippen molar-refractivity contribution in [2.75, 3.05) is 12.3 Å². The highest BCUT2D eigenvalue weighted by molar-refractivity contribution is 7.44. The van der Waals surface area contributed by atoms with Gasteiger partial charge in [0.2, 0.25) is 0 Å². The predicted molar refractivity (Wildman–Crippen MR) is 84.0 cm³/mol. The Morgan fingerprint density at radius 1 is 0.778 bits per heavy atom. The largest absolute Gasteiger partial charge is 0.338 e. The second kappa shape index (κ2) is 13.5. The molecular formula is C16H34OP+. The van der Waals surface area contributed by atoms with Gasteiger partial charge in [-0.15, -0.1) is 0 Å². The van der Waals surface area contributed by atoms with Crippen LogP contribution in [0.4, 0.5) is 0 Å². The van der Waals surface area contributed by atoms with Crippen LogP contribution < -0.4 is 0 Å². The van der Waals surface area contributed by atoms with Crippen LogP contribution in [0.3, 0.4) is 0 Å². The van der Waals surface area contributed by atoms with E-state index >= 15 is 0 Å². The van der Waals surface area contributed by atoms with Gasteiger partial charge in [-0.05, 0) is 18.8 Å². The molecule has 0 aromatic rings. The summed E-state index contributed by atoms with van der Waals surface area (Å²) in [5, 5.41) is 0. The van der Waals surface area contributed by atoms with E-state index in [1.165, 1.54) is 64.2 Å². The average Bonchev–Trinajstić information content (AvgIpc) is 2.30.